The van der Waals surface area contributed by atoms with Gasteiger partial charge in [0.25, 0.3) is 5.91 Å². The van der Waals surface area contributed by atoms with Crippen molar-refractivity contribution in [1.29, 1.82) is 0 Å². The van der Waals surface area contributed by atoms with E-state index in [0.717, 1.165) is 16.7 Å². The van der Waals surface area contributed by atoms with Gasteiger partial charge in [-0.15, -0.1) is 0 Å². The summed E-state index contributed by atoms with van der Waals surface area (Å²) in [6.45, 7) is 3.44. The van der Waals surface area contributed by atoms with Gasteiger partial charge in [-0.1, -0.05) is 48.5 Å². The molecule has 0 N–H and O–H groups in total. The fraction of sp³-hybridized carbons (Fsp3) is 0.333. The van der Waals surface area contributed by atoms with E-state index < -0.39 is 0 Å². The van der Waals surface area contributed by atoms with Gasteiger partial charge in [-0.05, 0) is 37.0 Å². The maximum Gasteiger partial charge on any atom is 0.309 e. The molecule has 4 heteroatoms. The standard InChI is InChI=1S/C21H23NO3/c1-16-7-5-6-10-19(16)20(23)22-13-11-18(12-14-22)21(24)25-15-17-8-3-2-4-9-17/h2-10,18H,11-15H2,1H3. The van der Waals surface area contributed by atoms with E-state index in [-0.39, 0.29) is 17.8 Å². The summed E-state index contributed by atoms with van der Waals surface area (Å²) in [4.78, 5) is 26.7. The van der Waals surface area contributed by atoms with Gasteiger partial charge in [0.2, 0.25) is 0 Å². The summed E-state index contributed by atoms with van der Waals surface area (Å²) in [5.74, 6) is -0.231. The molecule has 0 unspecified atom stereocenters. The summed E-state index contributed by atoms with van der Waals surface area (Å²) in [6, 6.07) is 17.3. The first-order valence-corrected chi connectivity index (χ1v) is 8.70. The number of rotatable bonds is 4. The number of hydrogen-bond acceptors (Lipinski definition) is 3. The van der Waals surface area contributed by atoms with Crippen molar-refractivity contribution in [3.05, 3.63) is 71.3 Å². The van der Waals surface area contributed by atoms with Crippen LogP contribution in [0.4, 0.5) is 0 Å². The Hall–Kier alpha value is -2.62. The molecule has 2 aromatic rings. The Bertz CT molecular complexity index is 734. The average molecular weight is 337 g/mol. The highest BCUT2D eigenvalue weighted by molar-refractivity contribution is 5.95. The van der Waals surface area contributed by atoms with Gasteiger partial charge >= 0.3 is 5.97 Å². The zero-order chi connectivity index (χ0) is 17.6. The molecule has 1 aliphatic rings. The first kappa shape index (κ1) is 17.2. The predicted molar refractivity (Wildman–Crippen MR) is 96.0 cm³/mol. The molecule has 1 amide bonds. The molecule has 2 aromatic carbocycles. The minimum Gasteiger partial charge on any atom is -0.461 e. The van der Waals surface area contributed by atoms with Crippen LogP contribution >= 0.6 is 0 Å². The third-order valence-electron chi connectivity index (χ3n) is 4.71. The maximum atomic E-state index is 12.6. The molecule has 0 spiro atoms. The predicted octanol–water partition coefficient (Wildman–Crippen LogP) is 3.59. The van der Waals surface area contributed by atoms with Crippen LogP contribution in [-0.4, -0.2) is 29.9 Å². The van der Waals surface area contributed by atoms with Gasteiger partial charge in [-0.2, -0.15) is 0 Å². The van der Waals surface area contributed by atoms with E-state index in [1.807, 2.05) is 66.4 Å². The van der Waals surface area contributed by atoms with Gasteiger partial charge in [0.05, 0.1) is 5.92 Å². The molecular weight excluding hydrogens is 314 g/mol. The number of carbonyl (C=O) groups excluding carboxylic acids is 2. The second kappa shape index (κ2) is 7.97. The highest BCUT2D eigenvalue weighted by Crippen LogP contribution is 2.21. The van der Waals surface area contributed by atoms with E-state index in [0.29, 0.717) is 32.5 Å². The lowest BCUT2D eigenvalue weighted by Gasteiger charge is -2.31. The molecule has 1 fully saturated rings. The van der Waals surface area contributed by atoms with Crippen molar-refractivity contribution < 1.29 is 14.3 Å². The van der Waals surface area contributed by atoms with Gasteiger partial charge in [-0.3, -0.25) is 9.59 Å². The van der Waals surface area contributed by atoms with Crippen molar-refractivity contribution in [2.24, 2.45) is 5.92 Å². The van der Waals surface area contributed by atoms with Gasteiger partial charge in [0.15, 0.2) is 0 Å². The smallest absolute Gasteiger partial charge is 0.309 e. The fourth-order valence-electron chi connectivity index (χ4n) is 3.15. The van der Waals surface area contributed by atoms with E-state index >= 15 is 0 Å². The Labute approximate surface area is 148 Å². The van der Waals surface area contributed by atoms with E-state index in [9.17, 15) is 9.59 Å². The molecule has 0 aliphatic carbocycles. The molecule has 0 atom stereocenters. The summed E-state index contributed by atoms with van der Waals surface area (Å²) < 4.78 is 5.42. The molecule has 4 nitrogen and oxygen atoms in total. The van der Waals surface area contributed by atoms with Crippen molar-refractivity contribution in [3.8, 4) is 0 Å². The number of ether oxygens (including phenoxy) is 1. The Morgan fingerprint density at radius 1 is 1.00 bits per heavy atom. The molecule has 0 saturated carbocycles. The quantitative estimate of drug-likeness (QED) is 0.801. The lowest BCUT2D eigenvalue weighted by molar-refractivity contribution is -0.151. The number of likely N-dealkylation sites (tertiary alicyclic amines) is 1. The van der Waals surface area contributed by atoms with Crippen LogP contribution in [0.15, 0.2) is 54.6 Å². The molecule has 130 valence electrons. The Morgan fingerprint density at radius 3 is 2.32 bits per heavy atom. The molecule has 0 aromatic heterocycles. The van der Waals surface area contributed by atoms with Crippen LogP contribution in [0.2, 0.25) is 0 Å². The number of benzene rings is 2. The number of esters is 1. The highest BCUT2D eigenvalue weighted by Gasteiger charge is 2.29. The third-order valence-corrected chi connectivity index (χ3v) is 4.71. The number of amides is 1. The lowest BCUT2D eigenvalue weighted by atomic mass is 9.96. The SMILES string of the molecule is Cc1ccccc1C(=O)N1CCC(C(=O)OCc2ccccc2)CC1. The first-order valence-electron chi connectivity index (χ1n) is 8.70. The topological polar surface area (TPSA) is 46.6 Å². The van der Waals surface area contributed by atoms with Gasteiger partial charge < -0.3 is 9.64 Å². The van der Waals surface area contributed by atoms with Crippen LogP contribution in [-0.2, 0) is 16.1 Å². The fourth-order valence-corrected chi connectivity index (χ4v) is 3.15. The lowest BCUT2D eigenvalue weighted by Crippen LogP contribution is -2.40. The number of carbonyl (C=O) groups is 2. The van der Waals surface area contributed by atoms with Crippen molar-refractivity contribution in [2.45, 2.75) is 26.4 Å². The summed E-state index contributed by atoms with van der Waals surface area (Å²) in [5.41, 5.74) is 2.72. The maximum absolute atomic E-state index is 12.6. The van der Waals surface area contributed by atoms with E-state index in [2.05, 4.69) is 0 Å². The molecule has 25 heavy (non-hydrogen) atoms. The van der Waals surface area contributed by atoms with Crippen LogP contribution in [0.5, 0.6) is 0 Å². The first-order chi connectivity index (χ1) is 12.1. The summed E-state index contributed by atoms with van der Waals surface area (Å²) in [7, 11) is 0. The molecular formula is C21H23NO3. The van der Waals surface area contributed by atoms with E-state index in [1.54, 1.807) is 0 Å². The van der Waals surface area contributed by atoms with Crippen molar-refractivity contribution in [3.63, 3.8) is 0 Å². The summed E-state index contributed by atoms with van der Waals surface area (Å²) in [6.07, 6.45) is 1.32. The summed E-state index contributed by atoms with van der Waals surface area (Å²) in [5, 5.41) is 0. The number of aryl methyl sites for hydroxylation is 1. The molecule has 3 rings (SSSR count). The molecule has 0 bridgehead atoms. The zero-order valence-corrected chi connectivity index (χ0v) is 14.5. The van der Waals surface area contributed by atoms with Crippen molar-refractivity contribution in [2.75, 3.05) is 13.1 Å². The largest absolute Gasteiger partial charge is 0.461 e. The van der Waals surface area contributed by atoms with Crippen molar-refractivity contribution >= 4 is 11.9 Å². The zero-order valence-electron chi connectivity index (χ0n) is 14.5. The Morgan fingerprint density at radius 2 is 1.64 bits per heavy atom. The molecule has 1 saturated heterocycles. The van der Waals surface area contributed by atoms with Crippen LogP contribution in [0.25, 0.3) is 0 Å². The van der Waals surface area contributed by atoms with Gasteiger partial charge in [0.1, 0.15) is 6.61 Å². The van der Waals surface area contributed by atoms with E-state index in [4.69, 9.17) is 4.74 Å². The second-order valence-electron chi connectivity index (χ2n) is 6.47. The minimum absolute atomic E-state index is 0.0502. The van der Waals surface area contributed by atoms with E-state index in [1.165, 1.54) is 0 Å². The molecule has 1 aliphatic heterocycles. The molecule has 0 radical (unpaired) electrons. The van der Waals surface area contributed by atoms with Crippen molar-refractivity contribution in [1.82, 2.24) is 4.90 Å². The minimum atomic E-state index is -0.160. The van der Waals surface area contributed by atoms with Crippen LogP contribution in [0.3, 0.4) is 0 Å². The second-order valence-corrected chi connectivity index (χ2v) is 6.47. The Kier molecular flexibility index (Phi) is 5.49. The molecule has 1 heterocycles. The number of piperidine rings is 1. The average Bonchev–Trinajstić information content (AvgIpc) is 2.67. The highest BCUT2D eigenvalue weighted by atomic mass is 16.5. The number of hydrogen-bond donors (Lipinski definition) is 0. The van der Waals surface area contributed by atoms with Crippen LogP contribution in [0, 0.1) is 12.8 Å². The third kappa shape index (κ3) is 4.27. The van der Waals surface area contributed by atoms with Crippen LogP contribution in [0.1, 0.15) is 34.3 Å². The normalized spacial score (nSPS) is 15.0. The van der Waals surface area contributed by atoms with Crippen LogP contribution < -0.4 is 0 Å². The monoisotopic (exact) mass is 337 g/mol. The van der Waals surface area contributed by atoms with Gasteiger partial charge in [-0.25, -0.2) is 0 Å². The van der Waals surface area contributed by atoms with Gasteiger partial charge in [0, 0.05) is 18.7 Å². The Balaban J connectivity index is 1.50. The number of nitrogens with zero attached hydrogens (tertiary/aromatic N) is 1. The summed E-state index contributed by atoms with van der Waals surface area (Å²) >= 11 is 0.